The van der Waals surface area contributed by atoms with Crippen LogP contribution in [0.5, 0.6) is 0 Å². The third-order valence-electron chi connectivity index (χ3n) is 3.91. The van der Waals surface area contributed by atoms with Crippen molar-refractivity contribution >= 4 is 41.1 Å². The fraction of sp³-hybridized carbons (Fsp3) is 0.0476. The van der Waals surface area contributed by atoms with Crippen molar-refractivity contribution in [1.29, 1.82) is 0 Å². The first-order valence-electron chi connectivity index (χ1n) is 8.39. The van der Waals surface area contributed by atoms with E-state index in [4.69, 9.17) is 23.2 Å². The molecule has 1 aromatic heterocycles. The summed E-state index contributed by atoms with van der Waals surface area (Å²) in [6.45, 7) is 0.194. The number of rotatable bonds is 6. The molecule has 0 fully saturated rings. The largest absolute Gasteiger partial charge is 1.00 e. The molecule has 0 atom stereocenters. The van der Waals surface area contributed by atoms with Gasteiger partial charge in [-0.15, -0.1) is 0 Å². The van der Waals surface area contributed by atoms with E-state index in [0.29, 0.717) is 26.7 Å². The van der Waals surface area contributed by atoms with Crippen molar-refractivity contribution in [3.63, 3.8) is 0 Å². The van der Waals surface area contributed by atoms with Gasteiger partial charge >= 0.3 is 0 Å². The minimum absolute atomic E-state index is 0. The number of Topliss-reactive ketones (excluding diaryl/α,β-unsaturated/α-hetero) is 1. The van der Waals surface area contributed by atoms with Crippen molar-refractivity contribution in [3.05, 3.63) is 99.8 Å². The summed E-state index contributed by atoms with van der Waals surface area (Å²) < 4.78 is 1.71. The Morgan fingerprint density at radius 3 is 2.31 bits per heavy atom. The molecule has 5 nitrogen and oxygen atoms in total. The molecule has 3 aromatic rings. The minimum Gasteiger partial charge on any atom is -1.00 e. The van der Waals surface area contributed by atoms with E-state index in [1.807, 2.05) is 18.2 Å². The molecule has 0 aliphatic rings. The van der Waals surface area contributed by atoms with Crippen molar-refractivity contribution in [2.45, 2.75) is 6.54 Å². The number of hydrazone groups is 1. The van der Waals surface area contributed by atoms with E-state index in [9.17, 15) is 9.59 Å². The summed E-state index contributed by atoms with van der Waals surface area (Å²) in [5.41, 5.74) is 4.14. The zero-order valence-corrected chi connectivity index (χ0v) is 17.3. The summed E-state index contributed by atoms with van der Waals surface area (Å²) in [5, 5.41) is 4.87. The van der Waals surface area contributed by atoms with Gasteiger partial charge in [0.1, 0.15) is 0 Å². The molecule has 0 saturated heterocycles. The Bertz CT molecular complexity index is 1020. The van der Waals surface area contributed by atoms with Gasteiger partial charge in [0.05, 0.1) is 16.8 Å². The zero-order valence-electron chi connectivity index (χ0n) is 15.1. The molecular weight excluding hydrogens is 433 g/mol. The molecule has 0 bridgehead atoms. The first-order valence-corrected chi connectivity index (χ1v) is 9.14. The molecule has 1 N–H and O–H groups in total. The van der Waals surface area contributed by atoms with Crippen LogP contribution in [0.2, 0.25) is 10.0 Å². The molecule has 0 unspecified atom stereocenters. The van der Waals surface area contributed by atoms with Crippen LogP contribution in [0.25, 0.3) is 0 Å². The predicted molar refractivity (Wildman–Crippen MR) is 109 cm³/mol. The number of hydrogen-bond donors (Lipinski definition) is 1. The molecule has 148 valence electrons. The number of carbonyl (C=O) groups is 2. The summed E-state index contributed by atoms with van der Waals surface area (Å²) in [7, 11) is 0. The van der Waals surface area contributed by atoms with Crippen LogP contribution in [0.4, 0.5) is 0 Å². The van der Waals surface area contributed by atoms with Gasteiger partial charge in [-0.25, -0.2) is 5.43 Å². The lowest BCUT2D eigenvalue weighted by molar-refractivity contribution is -0.683. The smallest absolute Gasteiger partial charge is 0.271 e. The maximum Gasteiger partial charge on any atom is 0.271 e. The van der Waals surface area contributed by atoms with Crippen LogP contribution >= 0.6 is 23.2 Å². The van der Waals surface area contributed by atoms with Gasteiger partial charge in [-0.2, -0.15) is 9.67 Å². The van der Waals surface area contributed by atoms with Crippen molar-refractivity contribution in [2.75, 3.05) is 0 Å². The number of aromatic nitrogens is 1. The average Bonchev–Trinajstić information content (AvgIpc) is 2.70. The summed E-state index contributed by atoms with van der Waals surface area (Å²) >= 11 is 11.9. The molecule has 1 amide bonds. The van der Waals surface area contributed by atoms with Crippen LogP contribution in [0, 0.1) is 0 Å². The van der Waals surface area contributed by atoms with Crippen LogP contribution in [-0.2, 0) is 6.54 Å². The Balaban J connectivity index is 0.00000300. The van der Waals surface area contributed by atoms with Gasteiger partial charge in [0.25, 0.3) is 5.91 Å². The Kier molecular flexibility index (Phi) is 8.34. The third kappa shape index (κ3) is 6.39. The molecule has 2 aromatic carbocycles. The summed E-state index contributed by atoms with van der Waals surface area (Å²) in [4.78, 5) is 24.4. The second-order valence-electron chi connectivity index (χ2n) is 5.91. The summed E-state index contributed by atoms with van der Waals surface area (Å²) in [6.07, 6.45) is 4.79. The fourth-order valence-electron chi connectivity index (χ4n) is 2.43. The van der Waals surface area contributed by atoms with E-state index in [0.717, 1.165) is 0 Å². The number of pyridine rings is 1. The zero-order chi connectivity index (χ0) is 19.9. The lowest BCUT2D eigenvalue weighted by Gasteiger charge is -2.01. The molecule has 0 spiro atoms. The molecule has 0 saturated carbocycles. The van der Waals surface area contributed by atoms with Crippen LogP contribution in [0.3, 0.4) is 0 Å². The lowest BCUT2D eigenvalue weighted by atomic mass is 10.1. The molecule has 29 heavy (non-hydrogen) atoms. The summed E-state index contributed by atoms with van der Waals surface area (Å²) in [5.74, 6) is -0.380. The number of ketones is 1. The number of benzene rings is 2. The molecule has 3 rings (SSSR count). The van der Waals surface area contributed by atoms with E-state index in [-0.39, 0.29) is 30.6 Å². The van der Waals surface area contributed by atoms with E-state index >= 15 is 0 Å². The lowest BCUT2D eigenvalue weighted by Crippen LogP contribution is -3.00. The Morgan fingerprint density at radius 1 is 0.966 bits per heavy atom. The second kappa shape index (κ2) is 10.7. The second-order valence-corrected chi connectivity index (χ2v) is 6.76. The fourth-order valence-corrected chi connectivity index (χ4v) is 2.88. The highest BCUT2D eigenvalue weighted by atomic mass is 35.5. The standard InChI is InChI=1S/C21H15Cl2N3O2.ClH/c22-18-7-6-17(19(23)12-18)13-24-25-21(28)16-8-10-26(11-9-16)14-20(27)15-4-2-1-3-5-15;/h1-13H,14H2;1H. The van der Waals surface area contributed by atoms with Crippen LogP contribution < -0.4 is 22.4 Å². The molecule has 8 heteroatoms. The Morgan fingerprint density at radius 2 is 1.66 bits per heavy atom. The number of carbonyl (C=O) groups excluding carboxylic acids is 2. The maximum absolute atomic E-state index is 12.2. The number of nitrogens with zero attached hydrogens (tertiary/aromatic N) is 2. The predicted octanol–water partition coefficient (Wildman–Crippen LogP) is 0.932. The normalized spacial score (nSPS) is 10.4. The quantitative estimate of drug-likeness (QED) is 0.264. The van der Waals surface area contributed by atoms with Gasteiger partial charge in [0, 0.05) is 28.3 Å². The SMILES string of the molecule is O=C(C[n+]1ccc(C(=O)N/N=C/c2ccc(Cl)cc2Cl)cc1)c1ccccc1.[Cl-]. The van der Waals surface area contributed by atoms with Crippen molar-refractivity contribution in [1.82, 2.24) is 5.43 Å². The van der Waals surface area contributed by atoms with Gasteiger partial charge in [-0.1, -0.05) is 59.6 Å². The van der Waals surface area contributed by atoms with Gasteiger partial charge in [0.15, 0.2) is 12.4 Å². The van der Waals surface area contributed by atoms with Crippen molar-refractivity contribution in [3.8, 4) is 0 Å². The monoisotopic (exact) mass is 447 g/mol. The Labute approximate surface area is 184 Å². The number of amides is 1. The molecular formula is C21H16Cl3N3O2. The van der Waals surface area contributed by atoms with Gasteiger partial charge in [-0.05, 0) is 12.1 Å². The van der Waals surface area contributed by atoms with Gasteiger partial charge in [-0.3, -0.25) is 9.59 Å². The average molecular weight is 449 g/mol. The van der Waals surface area contributed by atoms with E-state index in [2.05, 4.69) is 10.5 Å². The highest BCUT2D eigenvalue weighted by molar-refractivity contribution is 6.36. The van der Waals surface area contributed by atoms with Crippen LogP contribution in [0.15, 0.2) is 78.2 Å². The van der Waals surface area contributed by atoms with Gasteiger partial charge in [0.2, 0.25) is 12.3 Å². The molecule has 1 heterocycles. The molecule has 0 radical (unpaired) electrons. The van der Waals surface area contributed by atoms with Crippen LogP contribution in [-0.4, -0.2) is 17.9 Å². The van der Waals surface area contributed by atoms with E-state index in [1.54, 1.807) is 59.4 Å². The third-order valence-corrected chi connectivity index (χ3v) is 4.47. The first-order chi connectivity index (χ1) is 13.5. The minimum atomic E-state index is -0.372. The molecule has 0 aliphatic heterocycles. The topological polar surface area (TPSA) is 62.4 Å². The Hall–Kier alpha value is -2.73. The number of hydrogen-bond acceptors (Lipinski definition) is 3. The van der Waals surface area contributed by atoms with Crippen molar-refractivity contribution < 1.29 is 26.6 Å². The van der Waals surface area contributed by atoms with E-state index < -0.39 is 0 Å². The molecule has 0 aliphatic carbocycles. The van der Waals surface area contributed by atoms with Crippen LogP contribution in [0.1, 0.15) is 26.3 Å². The first kappa shape index (κ1) is 22.6. The van der Waals surface area contributed by atoms with Crippen molar-refractivity contribution in [2.24, 2.45) is 5.10 Å². The van der Waals surface area contributed by atoms with E-state index in [1.165, 1.54) is 6.21 Å². The number of halogens is 3. The highest BCUT2D eigenvalue weighted by Gasteiger charge is 2.13. The maximum atomic E-state index is 12.2. The summed E-state index contributed by atoms with van der Waals surface area (Å²) in [6, 6.07) is 17.3. The number of nitrogens with one attached hydrogen (secondary N) is 1. The highest BCUT2D eigenvalue weighted by Crippen LogP contribution is 2.19. The van der Waals surface area contributed by atoms with Gasteiger partial charge < -0.3 is 12.4 Å².